The number of rotatable bonds is 10. The van der Waals surface area contributed by atoms with E-state index in [0.717, 1.165) is 22.8 Å². The Kier molecular flexibility index (Phi) is 10.6. The molecule has 0 saturated carbocycles. The summed E-state index contributed by atoms with van der Waals surface area (Å²) >= 11 is 0. The summed E-state index contributed by atoms with van der Waals surface area (Å²) in [6.45, 7) is 27.1. The monoisotopic (exact) mass is 537 g/mol. The number of hydrogen-bond donors (Lipinski definition) is 0. The molecular formula is C37H51N3. The lowest BCUT2D eigenvalue weighted by Gasteiger charge is -2.20. The van der Waals surface area contributed by atoms with Crippen molar-refractivity contribution in [3.63, 3.8) is 0 Å². The molecule has 0 fully saturated rings. The van der Waals surface area contributed by atoms with Crippen molar-refractivity contribution < 1.29 is 0 Å². The van der Waals surface area contributed by atoms with E-state index >= 15 is 0 Å². The molecule has 0 unspecified atom stereocenters. The fraction of sp³-hybridized carbons (Fsp3) is 0.486. The first-order valence-electron chi connectivity index (χ1n) is 15.2. The molecule has 0 aliphatic rings. The zero-order valence-corrected chi connectivity index (χ0v) is 27.0. The topological polar surface area (TPSA) is 37.6 Å². The predicted molar refractivity (Wildman–Crippen MR) is 176 cm³/mol. The van der Waals surface area contributed by atoms with Gasteiger partial charge in [-0.1, -0.05) is 113 Å². The summed E-state index contributed by atoms with van der Waals surface area (Å²) in [5.74, 6) is 2.54. The van der Waals surface area contributed by atoms with Gasteiger partial charge >= 0.3 is 0 Å². The molecule has 0 bridgehead atoms. The lowest BCUT2D eigenvalue weighted by atomic mass is 9.87. The number of pyridine rings is 1. The summed E-state index contributed by atoms with van der Waals surface area (Å²) in [6.07, 6.45) is 3.83. The molecule has 3 aromatic rings. The molecule has 0 aliphatic heterocycles. The Labute approximate surface area is 244 Å². The molecule has 0 radical (unpaired) electrons. The van der Waals surface area contributed by atoms with Crippen molar-refractivity contribution in [1.82, 2.24) is 4.98 Å². The summed E-state index contributed by atoms with van der Waals surface area (Å²) in [5, 5.41) is 0. The van der Waals surface area contributed by atoms with E-state index < -0.39 is 0 Å². The van der Waals surface area contributed by atoms with Crippen LogP contribution in [-0.4, -0.2) is 17.4 Å². The van der Waals surface area contributed by atoms with E-state index in [-0.39, 0.29) is 0 Å². The van der Waals surface area contributed by atoms with Crippen LogP contribution in [-0.2, 0) is 0 Å². The van der Waals surface area contributed by atoms with Crippen LogP contribution in [0, 0.1) is 0 Å². The third kappa shape index (κ3) is 7.56. The molecule has 40 heavy (non-hydrogen) atoms. The zero-order chi connectivity index (χ0) is 29.7. The van der Waals surface area contributed by atoms with E-state index in [1.807, 2.05) is 30.6 Å². The molecule has 2 aromatic carbocycles. The minimum atomic E-state index is 0.391. The quantitative estimate of drug-likeness (QED) is 0.237. The van der Waals surface area contributed by atoms with Gasteiger partial charge in [0, 0.05) is 0 Å². The van der Waals surface area contributed by atoms with Crippen LogP contribution < -0.4 is 0 Å². The maximum Gasteiger partial charge on any atom is 0.0820 e. The SMILES string of the molecule is CC(C)c1cc(C(C)C)c(/N=C/c2cccc(/C=N/c3c(C(C)C)cc(C(C)C)cc3C(C)C)n2)c(C(C)C)c1. The Hall–Kier alpha value is -3.07. The summed E-state index contributed by atoms with van der Waals surface area (Å²) < 4.78 is 0. The number of aromatic nitrogens is 1. The lowest BCUT2D eigenvalue weighted by Crippen LogP contribution is -2.01. The zero-order valence-electron chi connectivity index (χ0n) is 27.0. The average Bonchev–Trinajstić information content (AvgIpc) is 2.89. The van der Waals surface area contributed by atoms with Gasteiger partial charge in [-0.2, -0.15) is 0 Å². The van der Waals surface area contributed by atoms with E-state index in [0.29, 0.717) is 35.5 Å². The first-order valence-corrected chi connectivity index (χ1v) is 15.2. The maximum absolute atomic E-state index is 5.05. The molecule has 3 nitrogen and oxygen atoms in total. The van der Waals surface area contributed by atoms with Crippen molar-refractivity contribution in [2.24, 2.45) is 9.98 Å². The van der Waals surface area contributed by atoms with Gasteiger partial charge in [-0.05, 0) is 81.0 Å². The highest BCUT2D eigenvalue weighted by atomic mass is 14.8. The third-order valence-electron chi connectivity index (χ3n) is 7.65. The molecule has 1 heterocycles. The smallest absolute Gasteiger partial charge is 0.0820 e. The number of hydrogen-bond acceptors (Lipinski definition) is 3. The molecule has 3 rings (SSSR count). The number of nitrogens with zero attached hydrogens (tertiary/aromatic N) is 3. The van der Waals surface area contributed by atoms with Gasteiger partial charge in [0.05, 0.1) is 35.2 Å². The van der Waals surface area contributed by atoms with Crippen molar-refractivity contribution in [2.45, 2.75) is 119 Å². The van der Waals surface area contributed by atoms with Crippen LogP contribution in [0.4, 0.5) is 11.4 Å². The highest BCUT2D eigenvalue weighted by Gasteiger charge is 2.18. The van der Waals surface area contributed by atoms with Crippen molar-refractivity contribution in [3.8, 4) is 0 Å². The minimum absolute atomic E-state index is 0.391. The van der Waals surface area contributed by atoms with Crippen LogP contribution in [0.25, 0.3) is 0 Å². The third-order valence-corrected chi connectivity index (χ3v) is 7.65. The fourth-order valence-corrected chi connectivity index (χ4v) is 5.01. The summed E-state index contributed by atoms with van der Waals surface area (Å²) in [7, 11) is 0. The molecule has 214 valence electrons. The Morgan fingerprint density at radius 1 is 0.475 bits per heavy atom. The highest BCUT2D eigenvalue weighted by Crippen LogP contribution is 2.39. The standard InChI is InChI=1S/C37H51N3/c1-22(2)28-16-32(24(5)6)36(33(17-28)25(7)8)38-20-30-14-13-15-31(40-30)21-39-37-34(26(9)10)18-29(23(3)4)19-35(37)27(11)12/h13-27H,1-12H3/b38-20+,39-21+. The number of aliphatic imine (C=N–C) groups is 2. The molecular weight excluding hydrogens is 486 g/mol. The predicted octanol–water partition coefficient (Wildman–Crippen LogP) is 11.3. The van der Waals surface area contributed by atoms with Crippen LogP contribution in [0.1, 0.15) is 163 Å². The van der Waals surface area contributed by atoms with Crippen LogP contribution in [0.2, 0.25) is 0 Å². The van der Waals surface area contributed by atoms with E-state index in [9.17, 15) is 0 Å². The molecule has 0 saturated heterocycles. The van der Waals surface area contributed by atoms with E-state index in [2.05, 4.69) is 107 Å². The normalized spacial score (nSPS) is 12.7. The van der Waals surface area contributed by atoms with Crippen molar-refractivity contribution in [2.75, 3.05) is 0 Å². The maximum atomic E-state index is 5.05. The van der Waals surface area contributed by atoms with Crippen molar-refractivity contribution >= 4 is 23.8 Å². The van der Waals surface area contributed by atoms with Gasteiger partial charge in [0.1, 0.15) is 0 Å². The lowest BCUT2D eigenvalue weighted by molar-refractivity contribution is 0.805. The molecule has 0 aliphatic carbocycles. The molecule has 0 amide bonds. The molecule has 0 spiro atoms. The number of benzene rings is 2. The van der Waals surface area contributed by atoms with Crippen LogP contribution >= 0.6 is 0 Å². The molecule has 3 heteroatoms. The van der Waals surface area contributed by atoms with Gasteiger partial charge < -0.3 is 0 Å². The van der Waals surface area contributed by atoms with Crippen LogP contribution in [0.5, 0.6) is 0 Å². The molecule has 0 atom stereocenters. The van der Waals surface area contributed by atoms with Crippen LogP contribution in [0.3, 0.4) is 0 Å². The van der Waals surface area contributed by atoms with Gasteiger partial charge in [-0.15, -0.1) is 0 Å². The first-order chi connectivity index (χ1) is 18.8. The van der Waals surface area contributed by atoms with Crippen molar-refractivity contribution in [3.05, 3.63) is 87.2 Å². The Balaban J connectivity index is 2.03. The highest BCUT2D eigenvalue weighted by molar-refractivity contribution is 5.85. The minimum Gasteiger partial charge on any atom is -0.254 e. The summed E-state index contributed by atoms with van der Waals surface area (Å²) in [6, 6.07) is 15.4. The van der Waals surface area contributed by atoms with Gasteiger partial charge in [0.15, 0.2) is 0 Å². The average molecular weight is 538 g/mol. The van der Waals surface area contributed by atoms with Crippen LogP contribution in [0.15, 0.2) is 52.4 Å². The Bertz CT molecular complexity index is 1190. The van der Waals surface area contributed by atoms with Gasteiger partial charge in [-0.25, -0.2) is 4.98 Å². The Morgan fingerprint density at radius 3 is 1.02 bits per heavy atom. The molecule has 1 aromatic heterocycles. The van der Waals surface area contributed by atoms with Gasteiger partial charge in [0.25, 0.3) is 0 Å². The van der Waals surface area contributed by atoms with Crippen molar-refractivity contribution in [1.29, 1.82) is 0 Å². The summed E-state index contributed by atoms with van der Waals surface area (Å²) in [5.41, 5.74) is 11.8. The second kappa shape index (κ2) is 13.5. The largest absolute Gasteiger partial charge is 0.254 e. The molecule has 0 N–H and O–H groups in total. The summed E-state index contributed by atoms with van der Waals surface area (Å²) in [4.78, 5) is 15.0. The second-order valence-electron chi connectivity index (χ2n) is 13.0. The van der Waals surface area contributed by atoms with E-state index in [1.165, 1.54) is 33.4 Å². The second-order valence-corrected chi connectivity index (χ2v) is 13.0. The van der Waals surface area contributed by atoms with Gasteiger partial charge in [-0.3, -0.25) is 9.98 Å². The van der Waals surface area contributed by atoms with Gasteiger partial charge in [0.2, 0.25) is 0 Å². The fourth-order valence-electron chi connectivity index (χ4n) is 5.01. The van der Waals surface area contributed by atoms with E-state index in [1.54, 1.807) is 0 Å². The Morgan fingerprint density at radius 2 is 0.775 bits per heavy atom. The van der Waals surface area contributed by atoms with E-state index in [4.69, 9.17) is 15.0 Å². The first kappa shape index (κ1) is 31.5.